The maximum Gasteiger partial charge on any atom is 0.198 e. The van der Waals surface area contributed by atoms with Gasteiger partial charge in [0.25, 0.3) is 0 Å². The minimum absolute atomic E-state index is 0.0986. The molecule has 1 saturated heterocycles. The molecule has 0 amide bonds. The number of piperidine rings is 1. The van der Waals surface area contributed by atoms with Gasteiger partial charge in [0, 0.05) is 36.2 Å². The second-order valence-electron chi connectivity index (χ2n) is 8.36. The second-order valence-corrected chi connectivity index (χ2v) is 8.36. The Morgan fingerprint density at radius 2 is 1.79 bits per heavy atom. The summed E-state index contributed by atoms with van der Waals surface area (Å²) in [4.78, 5) is 14.0. The van der Waals surface area contributed by atoms with Gasteiger partial charge in [-0.05, 0) is 43.1 Å². The van der Waals surface area contributed by atoms with E-state index in [-0.39, 0.29) is 11.4 Å². The second kappa shape index (κ2) is 6.52. The fourth-order valence-electron chi connectivity index (χ4n) is 5.50. The highest BCUT2D eigenvalue weighted by Crippen LogP contribution is 2.50. The molecule has 1 aromatic heterocycles. The lowest BCUT2D eigenvalue weighted by Crippen LogP contribution is -2.40. The molecule has 0 bridgehead atoms. The molecule has 3 aliphatic heterocycles. The number of ketones is 1. The molecular weight excluding hydrogens is 362 g/mol. The first-order valence-electron chi connectivity index (χ1n) is 10.6. The number of rotatable bonds is 2. The van der Waals surface area contributed by atoms with Crippen molar-refractivity contribution in [1.82, 2.24) is 15.2 Å². The van der Waals surface area contributed by atoms with Crippen LogP contribution in [0.3, 0.4) is 0 Å². The summed E-state index contributed by atoms with van der Waals surface area (Å²) in [6.07, 6.45) is 1.29. The third-order valence-corrected chi connectivity index (χ3v) is 6.86. The maximum absolute atomic E-state index is 14.0. The molecule has 0 saturated carbocycles. The van der Waals surface area contributed by atoms with Crippen LogP contribution in [0, 0.1) is 0 Å². The molecule has 2 N–H and O–H groups in total. The lowest BCUT2D eigenvalue weighted by atomic mass is 9.83. The summed E-state index contributed by atoms with van der Waals surface area (Å²) >= 11 is 0. The fourth-order valence-corrected chi connectivity index (χ4v) is 5.50. The van der Waals surface area contributed by atoms with E-state index in [2.05, 4.69) is 51.6 Å². The molecule has 3 aromatic rings. The van der Waals surface area contributed by atoms with E-state index in [0.29, 0.717) is 0 Å². The molecule has 5 heteroatoms. The van der Waals surface area contributed by atoms with Gasteiger partial charge in [0.1, 0.15) is 6.10 Å². The van der Waals surface area contributed by atoms with Crippen molar-refractivity contribution in [2.45, 2.75) is 37.6 Å². The molecule has 0 aliphatic carbocycles. The molecule has 3 aliphatic rings. The first-order chi connectivity index (χ1) is 14.3. The molecule has 5 nitrogen and oxygen atoms in total. The van der Waals surface area contributed by atoms with Crippen molar-refractivity contribution in [3.63, 3.8) is 0 Å². The van der Waals surface area contributed by atoms with Crippen LogP contribution in [0.5, 0.6) is 0 Å². The zero-order chi connectivity index (χ0) is 19.4. The number of nitrogens with zero attached hydrogens (tertiary/aromatic N) is 1. The average Bonchev–Trinajstić information content (AvgIpc) is 3.28. The number of Topliss-reactive ketones (excluding diaryl/α,β-unsaturated/α-hetero) is 1. The Morgan fingerprint density at radius 3 is 2.69 bits per heavy atom. The topological polar surface area (TPSA) is 55.3 Å². The number of hydrogen-bond acceptors (Lipinski definition) is 4. The number of benzene rings is 2. The maximum atomic E-state index is 14.0. The largest absolute Gasteiger partial charge is 0.354 e. The third kappa shape index (κ3) is 2.48. The van der Waals surface area contributed by atoms with Crippen molar-refractivity contribution in [1.29, 1.82) is 0 Å². The number of carbonyl (C=O) groups excluding carboxylic acids is 1. The van der Waals surface area contributed by atoms with Crippen LogP contribution >= 0.6 is 0 Å². The number of aromatic nitrogens is 1. The Labute approximate surface area is 170 Å². The Kier molecular flexibility index (Phi) is 3.91. The van der Waals surface area contributed by atoms with Crippen molar-refractivity contribution in [3.8, 4) is 0 Å². The molecule has 0 radical (unpaired) electrons. The Bertz CT molecular complexity index is 1110. The van der Waals surface area contributed by atoms with Crippen LogP contribution < -0.4 is 10.6 Å². The molecule has 2 aromatic carbocycles. The number of hydrogen-bond donors (Lipinski definition) is 2. The first-order valence-corrected chi connectivity index (χ1v) is 10.6. The highest BCUT2D eigenvalue weighted by Gasteiger charge is 2.48. The smallest absolute Gasteiger partial charge is 0.198 e. The molecule has 0 unspecified atom stereocenters. The Morgan fingerprint density at radius 1 is 1.00 bits per heavy atom. The number of nitrogens with one attached hydrogen (secondary N) is 2. The molecule has 29 heavy (non-hydrogen) atoms. The summed E-state index contributed by atoms with van der Waals surface area (Å²) in [7, 11) is 0. The van der Waals surface area contributed by atoms with E-state index in [0.717, 1.165) is 73.3 Å². The number of ether oxygens (including phenoxy) is 1. The minimum Gasteiger partial charge on any atom is -0.354 e. The number of carbonyl (C=O) groups is 1. The van der Waals surface area contributed by atoms with Gasteiger partial charge in [0.15, 0.2) is 5.78 Å². The predicted molar refractivity (Wildman–Crippen MR) is 112 cm³/mol. The molecule has 6 rings (SSSR count). The first kappa shape index (κ1) is 17.4. The standard InChI is InChI=1S/C24H25N3O2/c28-22(21-17-6-2-4-8-19(17)27-14-13-26-15-20(21)27)23-16-5-1-3-7-18(16)24(29-23)9-11-25-12-10-24/h1-8,23,25-26H,9-15H2/t23-/m1/s1. The monoisotopic (exact) mass is 387 g/mol. The highest BCUT2D eigenvalue weighted by molar-refractivity contribution is 6.12. The van der Waals surface area contributed by atoms with Crippen LogP contribution in [0.1, 0.15) is 46.1 Å². The van der Waals surface area contributed by atoms with Crippen LogP contribution in [0.25, 0.3) is 10.9 Å². The SMILES string of the molecule is O=C(c1c2n(c3ccccc13)CCNC2)[C@@H]1OC2(CCNCC2)c2ccccc21. The van der Waals surface area contributed by atoms with Crippen molar-refractivity contribution in [2.75, 3.05) is 19.6 Å². The summed E-state index contributed by atoms with van der Waals surface area (Å²) in [5.41, 5.74) is 4.99. The molecule has 148 valence electrons. The lowest BCUT2D eigenvalue weighted by molar-refractivity contribution is -0.0806. The van der Waals surface area contributed by atoms with Gasteiger partial charge in [-0.2, -0.15) is 0 Å². The van der Waals surface area contributed by atoms with Crippen molar-refractivity contribution < 1.29 is 9.53 Å². The summed E-state index contributed by atoms with van der Waals surface area (Å²) in [6.45, 7) is 4.38. The van der Waals surface area contributed by atoms with Gasteiger partial charge in [-0.1, -0.05) is 42.5 Å². The van der Waals surface area contributed by atoms with Gasteiger partial charge in [0.2, 0.25) is 0 Å². The van der Waals surface area contributed by atoms with Crippen molar-refractivity contribution >= 4 is 16.7 Å². The van der Waals surface area contributed by atoms with Crippen molar-refractivity contribution in [3.05, 3.63) is 70.9 Å². The van der Waals surface area contributed by atoms with E-state index < -0.39 is 6.10 Å². The van der Waals surface area contributed by atoms with E-state index in [4.69, 9.17) is 4.74 Å². The molecule has 4 heterocycles. The summed E-state index contributed by atoms with van der Waals surface area (Å²) in [5.74, 6) is 0.0986. The zero-order valence-electron chi connectivity index (χ0n) is 16.4. The van der Waals surface area contributed by atoms with Crippen LogP contribution in [-0.4, -0.2) is 30.0 Å². The molecule has 1 atom stereocenters. The van der Waals surface area contributed by atoms with Gasteiger partial charge in [-0.15, -0.1) is 0 Å². The van der Waals surface area contributed by atoms with Crippen molar-refractivity contribution in [2.24, 2.45) is 0 Å². The van der Waals surface area contributed by atoms with E-state index >= 15 is 0 Å². The van der Waals surface area contributed by atoms with Gasteiger partial charge < -0.3 is 19.9 Å². The van der Waals surface area contributed by atoms with Crippen LogP contribution in [0.4, 0.5) is 0 Å². The zero-order valence-corrected chi connectivity index (χ0v) is 16.4. The summed E-state index contributed by atoms with van der Waals surface area (Å²) in [5, 5.41) is 7.91. The number of fused-ring (bicyclic) bond motifs is 5. The third-order valence-electron chi connectivity index (χ3n) is 6.86. The molecular formula is C24H25N3O2. The predicted octanol–water partition coefficient (Wildman–Crippen LogP) is 3.28. The molecule has 1 spiro atoms. The van der Waals surface area contributed by atoms with E-state index in [1.165, 1.54) is 5.56 Å². The molecule has 1 fully saturated rings. The summed E-state index contributed by atoms with van der Waals surface area (Å²) in [6, 6.07) is 16.6. The minimum atomic E-state index is -0.526. The van der Waals surface area contributed by atoms with E-state index in [1.54, 1.807) is 0 Å². The quantitative estimate of drug-likeness (QED) is 0.663. The lowest BCUT2D eigenvalue weighted by Gasteiger charge is -2.34. The Balaban J connectivity index is 1.50. The van der Waals surface area contributed by atoms with Crippen LogP contribution in [0.15, 0.2) is 48.5 Å². The van der Waals surface area contributed by atoms with Crippen LogP contribution in [-0.2, 0) is 23.4 Å². The summed E-state index contributed by atoms with van der Waals surface area (Å²) < 4.78 is 8.97. The van der Waals surface area contributed by atoms with Gasteiger partial charge >= 0.3 is 0 Å². The van der Waals surface area contributed by atoms with Gasteiger partial charge in [-0.25, -0.2) is 0 Å². The Hall–Kier alpha value is -2.47. The van der Waals surface area contributed by atoms with Gasteiger partial charge in [0.05, 0.1) is 11.2 Å². The average molecular weight is 387 g/mol. The normalized spacial score (nSPS) is 22.6. The van der Waals surface area contributed by atoms with Gasteiger partial charge in [-0.3, -0.25) is 4.79 Å². The number of para-hydroxylation sites is 1. The fraction of sp³-hybridized carbons (Fsp3) is 0.375. The highest BCUT2D eigenvalue weighted by atomic mass is 16.5. The van der Waals surface area contributed by atoms with Crippen LogP contribution in [0.2, 0.25) is 0 Å². The van der Waals surface area contributed by atoms with E-state index in [9.17, 15) is 4.79 Å². The van der Waals surface area contributed by atoms with E-state index in [1.807, 2.05) is 12.1 Å².